The van der Waals surface area contributed by atoms with Gasteiger partial charge in [-0.05, 0) is 79.5 Å². The van der Waals surface area contributed by atoms with Crippen molar-refractivity contribution >= 4 is 17.8 Å². The van der Waals surface area contributed by atoms with E-state index < -0.39 is 36.6 Å². The molecule has 1 amide bonds. The highest BCUT2D eigenvalue weighted by atomic mass is 16.5. The minimum atomic E-state index is -1.09. The largest absolute Gasteiger partial charge is 0.493 e. The molecular formula is C36H43NO9. The Morgan fingerprint density at radius 3 is 2.24 bits per heavy atom. The van der Waals surface area contributed by atoms with Crippen molar-refractivity contribution in [3.05, 3.63) is 83.4 Å². The zero-order valence-electron chi connectivity index (χ0n) is 26.9. The van der Waals surface area contributed by atoms with E-state index >= 15 is 0 Å². The molecule has 3 atom stereocenters. The number of hydrogen-bond acceptors (Lipinski definition) is 8. The van der Waals surface area contributed by atoms with Crippen LogP contribution in [0.5, 0.6) is 23.0 Å². The van der Waals surface area contributed by atoms with E-state index in [0.717, 1.165) is 18.4 Å². The quantitative estimate of drug-likeness (QED) is 0.202. The van der Waals surface area contributed by atoms with E-state index in [2.05, 4.69) is 0 Å². The summed E-state index contributed by atoms with van der Waals surface area (Å²) >= 11 is 0. The molecule has 1 aliphatic heterocycles. The molecule has 0 spiro atoms. The van der Waals surface area contributed by atoms with Crippen molar-refractivity contribution in [2.75, 3.05) is 34.5 Å². The summed E-state index contributed by atoms with van der Waals surface area (Å²) < 4.78 is 28.1. The number of esters is 1. The fraction of sp³-hybridized carbons (Fsp3) is 0.417. The van der Waals surface area contributed by atoms with Gasteiger partial charge in [0.25, 0.3) is 0 Å². The normalized spacial score (nSPS) is 15.7. The molecule has 0 saturated carbocycles. The van der Waals surface area contributed by atoms with Crippen molar-refractivity contribution < 1.29 is 43.2 Å². The van der Waals surface area contributed by atoms with Crippen LogP contribution in [0.2, 0.25) is 0 Å². The third-order valence-electron chi connectivity index (χ3n) is 8.24. The van der Waals surface area contributed by atoms with Gasteiger partial charge in [0.2, 0.25) is 11.7 Å². The number of carbonyl (C=O) groups excluding carboxylic acids is 2. The summed E-state index contributed by atoms with van der Waals surface area (Å²) in [6, 6.07) is 19.7. The van der Waals surface area contributed by atoms with Gasteiger partial charge in [-0.25, -0.2) is 9.59 Å². The number of aliphatic carboxylic acids is 1. The number of rotatable bonds is 15. The van der Waals surface area contributed by atoms with E-state index in [-0.39, 0.29) is 5.91 Å². The predicted molar refractivity (Wildman–Crippen MR) is 172 cm³/mol. The van der Waals surface area contributed by atoms with E-state index in [1.54, 1.807) is 35.2 Å². The highest BCUT2D eigenvalue weighted by Gasteiger charge is 2.38. The van der Waals surface area contributed by atoms with Gasteiger partial charge in [-0.1, -0.05) is 49.4 Å². The highest BCUT2D eigenvalue weighted by Crippen LogP contribution is 2.41. The first-order valence-electron chi connectivity index (χ1n) is 15.6. The van der Waals surface area contributed by atoms with Gasteiger partial charge in [0.1, 0.15) is 17.9 Å². The number of carbonyl (C=O) groups is 3. The average Bonchev–Trinajstić information content (AvgIpc) is 3.09. The van der Waals surface area contributed by atoms with Gasteiger partial charge in [0, 0.05) is 6.54 Å². The summed E-state index contributed by atoms with van der Waals surface area (Å²) in [7, 11) is 4.59. The van der Waals surface area contributed by atoms with Crippen molar-refractivity contribution in [2.24, 2.45) is 0 Å². The molecule has 0 bridgehead atoms. The number of aryl methyl sites for hydroxylation is 1. The number of carboxylic acid groups (broad SMARTS) is 1. The average molecular weight is 634 g/mol. The van der Waals surface area contributed by atoms with E-state index in [0.29, 0.717) is 66.4 Å². The number of carboxylic acids is 1. The molecule has 1 saturated heterocycles. The summed E-state index contributed by atoms with van der Waals surface area (Å²) in [6.07, 6.45) is 3.05. The summed E-state index contributed by atoms with van der Waals surface area (Å²) in [4.78, 5) is 40.9. The highest BCUT2D eigenvalue weighted by molar-refractivity contribution is 5.89. The Kier molecular flexibility index (Phi) is 12.3. The number of piperidine rings is 1. The van der Waals surface area contributed by atoms with Crippen molar-refractivity contribution in [2.45, 2.75) is 63.5 Å². The Bertz CT molecular complexity index is 1450. The van der Waals surface area contributed by atoms with Crippen molar-refractivity contribution in [1.82, 2.24) is 4.90 Å². The molecule has 0 unspecified atom stereocenters. The molecule has 4 rings (SSSR count). The molecule has 0 aliphatic carbocycles. The summed E-state index contributed by atoms with van der Waals surface area (Å²) in [6.45, 7) is 1.89. The van der Waals surface area contributed by atoms with Gasteiger partial charge in [-0.2, -0.15) is 0 Å². The Hall–Kier alpha value is -4.73. The van der Waals surface area contributed by atoms with Crippen LogP contribution in [0.25, 0.3) is 0 Å². The van der Waals surface area contributed by atoms with Gasteiger partial charge >= 0.3 is 11.9 Å². The summed E-state index contributed by atoms with van der Waals surface area (Å²) in [5.41, 5.74) is 2.48. The number of methoxy groups -OCH3 is 3. The first-order chi connectivity index (χ1) is 22.3. The van der Waals surface area contributed by atoms with Crippen LogP contribution in [0.4, 0.5) is 0 Å². The van der Waals surface area contributed by atoms with Crippen LogP contribution in [0.1, 0.15) is 67.7 Å². The lowest BCUT2D eigenvalue weighted by molar-refractivity contribution is -0.162. The number of ether oxygens (including phenoxy) is 5. The molecule has 1 fully saturated rings. The first kappa shape index (κ1) is 34.1. The van der Waals surface area contributed by atoms with Crippen LogP contribution >= 0.6 is 0 Å². The van der Waals surface area contributed by atoms with E-state index in [4.69, 9.17) is 28.8 Å². The van der Waals surface area contributed by atoms with Crippen LogP contribution in [0, 0.1) is 0 Å². The lowest BCUT2D eigenvalue weighted by Crippen LogP contribution is -2.50. The number of amides is 1. The Labute approximate surface area is 270 Å². The lowest BCUT2D eigenvalue weighted by atomic mass is 9.91. The number of likely N-dealkylation sites (tertiary alicyclic amines) is 1. The maximum absolute atomic E-state index is 14.2. The molecule has 10 heteroatoms. The Balaban J connectivity index is 1.59. The maximum atomic E-state index is 14.2. The molecule has 0 radical (unpaired) electrons. The fourth-order valence-corrected chi connectivity index (χ4v) is 5.90. The number of benzene rings is 3. The van der Waals surface area contributed by atoms with Crippen LogP contribution in [0.15, 0.2) is 66.7 Å². The monoisotopic (exact) mass is 633 g/mol. The smallest absolute Gasteiger partial charge is 0.341 e. The number of nitrogens with zero attached hydrogens (tertiary/aromatic N) is 1. The third-order valence-corrected chi connectivity index (χ3v) is 8.24. The van der Waals surface area contributed by atoms with Crippen LogP contribution in [0.3, 0.4) is 0 Å². The Morgan fingerprint density at radius 2 is 1.61 bits per heavy atom. The zero-order chi connectivity index (χ0) is 33.1. The third kappa shape index (κ3) is 8.50. The molecule has 3 aromatic rings. The standard InChI is InChI=1S/C36H43NO9/c1-5-28(26-21-31(42-2)34(44-4)32(22-26)43-3)35(40)37-19-10-9-16-29(37)36(41)46-30(18-17-24-12-7-6-8-13-24)25-14-11-15-27(20-25)45-23-33(38)39/h6-8,11-15,20-22,28-30H,5,9-10,16-19,23H2,1-4H3,(H,38,39)/t28-,29-,30+/m0/s1. The van der Waals surface area contributed by atoms with Gasteiger partial charge in [0.15, 0.2) is 18.1 Å². The van der Waals surface area contributed by atoms with Gasteiger partial charge in [-0.15, -0.1) is 0 Å². The molecule has 0 aromatic heterocycles. The minimum absolute atomic E-state index is 0.164. The molecule has 1 heterocycles. The molecule has 46 heavy (non-hydrogen) atoms. The second kappa shape index (κ2) is 16.5. The maximum Gasteiger partial charge on any atom is 0.341 e. The Morgan fingerprint density at radius 1 is 0.891 bits per heavy atom. The van der Waals surface area contributed by atoms with Crippen molar-refractivity contribution in [1.29, 1.82) is 0 Å². The van der Waals surface area contributed by atoms with Crippen molar-refractivity contribution in [3.63, 3.8) is 0 Å². The first-order valence-corrected chi connectivity index (χ1v) is 15.6. The second-order valence-electron chi connectivity index (χ2n) is 11.2. The minimum Gasteiger partial charge on any atom is -0.493 e. The predicted octanol–water partition coefficient (Wildman–Crippen LogP) is 5.97. The number of hydrogen-bond donors (Lipinski definition) is 1. The van der Waals surface area contributed by atoms with E-state index in [1.807, 2.05) is 43.3 Å². The fourth-order valence-electron chi connectivity index (χ4n) is 5.90. The van der Waals surface area contributed by atoms with Crippen LogP contribution < -0.4 is 18.9 Å². The van der Waals surface area contributed by atoms with Crippen molar-refractivity contribution in [3.8, 4) is 23.0 Å². The molecule has 3 aromatic carbocycles. The summed E-state index contributed by atoms with van der Waals surface area (Å²) in [5, 5.41) is 9.06. The van der Waals surface area contributed by atoms with Gasteiger partial charge < -0.3 is 33.7 Å². The van der Waals surface area contributed by atoms with E-state index in [1.165, 1.54) is 21.3 Å². The molecule has 1 N–H and O–H groups in total. The molecule has 1 aliphatic rings. The SMILES string of the molecule is CC[C@H](C(=O)N1CCCC[C@H]1C(=O)O[C@H](CCc1ccccc1)c1cccc(OCC(=O)O)c1)c1cc(OC)c(OC)c(OC)c1. The van der Waals surface area contributed by atoms with Crippen LogP contribution in [-0.4, -0.2) is 68.4 Å². The van der Waals surface area contributed by atoms with Gasteiger partial charge in [-0.3, -0.25) is 4.79 Å². The lowest BCUT2D eigenvalue weighted by Gasteiger charge is -2.37. The molecular weight excluding hydrogens is 590 g/mol. The topological polar surface area (TPSA) is 121 Å². The molecule has 10 nitrogen and oxygen atoms in total. The van der Waals surface area contributed by atoms with Crippen LogP contribution in [-0.2, 0) is 25.5 Å². The summed E-state index contributed by atoms with van der Waals surface area (Å²) in [5.74, 6) is -0.552. The van der Waals surface area contributed by atoms with E-state index in [9.17, 15) is 14.4 Å². The van der Waals surface area contributed by atoms with Gasteiger partial charge in [0.05, 0.1) is 27.2 Å². The molecule has 246 valence electrons. The second-order valence-corrected chi connectivity index (χ2v) is 11.2. The zero-order valence-corrected chi connectivity index (χ0v) is 26.9.